The minimum atomic E-state index is -0.820. The molecule has 0 saturated carbocycles. The predicted octanol–water partition coefficient (Wildman–Crippen LogP) is 1.27. The minimum Gasteiger partial charge on any atom is -0.390 e. The van der Waals surface area contributed by atoms with E-state index in [-0.39, 0.29) is 5.78 Å². The molecule has 1 aliphatic rings. The van der Waals surface area contributed by atoms with Gasteiger partial charge in [0.1, 0.15) is 0 Å². The maximum absolute atomic E-state index is 12.1. The monoisotopic (exact) mass is 205 g/mol. The second kappa shape index (κ2) is 3.15. The van der Waals surface area contributed by atoms with Crippen LogP contribution in [0, 0.1) is 5.41 Å². The van der Waals surface area contributed by atoms with Gasteiger partial charge in [-0.3, -0.25) is 4.79 Å². The maximum atomic E-state index is 12.1. The van der Waals surface area contributed by atoms with Crippen molar-refractivity contribution in [2.75, 3.05) is 0 Å². The number of ketones is 1. The quantitative estimate of drug-likeness (QED) is 0.670. The Morgan fingerprint density at radius 3 is 2.60 bits per heavy atom. The summed E-state index contributed by atoms with van der Waals surface area (Å²) < 4.78 is 0. The summed E-state index contributed by atoms with van der Waals surface area (Å²) in [5.41, 5.74) is 6.51. The van der Waals surface area contributed by atoms with Crippen molar-refractivity contribution in [2.24, 2.45) is 11.1 Å². The first-order chi connectivity index (χ1) is 6.96. The number of nitrogens with two attached hydrogens (primary N) is 1. The van der Waals surface area contributed by atoms with Gasteiger partial charge in [0.15, 0.2) is 5.78 Å². The standard InChI is InChI=1S/C12H15NO2/c1-12(2)10(14)8-6-4-3-5-7(8)9(13)11(12)15/h3-6,9,11,15H,13H2,1-2H3. The zero-order valence-corrected chi connectivity index (χ0v) is 8.90. The first kappa shape index (κ1) is 10.3. The van der Waals surface area contributed by atoms with Crippen LogP contribution in [0.3, 0.4) is 0 Å². The summed E-state index contributed by atoms with van der Waals surface area (Å²) in [4.78, 5) is 12.1. The lowest BCUT2D eigenvalue weighted by Gasteiger charge is -2.38. The molecule has 0 saturated heterocycles. The van der Waals surface area contributed by atoms with Gasteiger partial charge in [0, 0.05) is 5.56 Å². The van der Waals surface area contributed by atoms with Gasteiger partial charge in [0.2, 0.25) is 0 Å². The number of benzene rings is 1. The summed E-state index contributed by atoms with van der Waals surface area (Å²) in [6, 6.07) is 6.74. The van der Waals surface area contributed by atoms with Gasteiger partial charge in [0.05, 0.1) is 17.6 Å². The van der Waals surface area contributed by atoms with Crippen LogP contribution in [0.4, 0.5) is 0 Å². The molecule has 1 aromatic rings. The zero-order chi connectivity index (χ0) is 11.2. The fraction of sp³-hybridized carbons (Fsp3) is 0.417. The number of carbonyl (C=O) groups is 1. The van der Waals surface area contributed by atoms with Crippen molar-refractivity contribution in [1.29, 1.82) is 0 Å². The molecule has 15 heavy (non-hydrogen) atoms. The molecule has 1 aliphatic carbocycles. The maximum Gasteiger partial charge on any atom is 0.171 e. The molecule has 0 fully saturated rings. The van der Waals surface area contributed by atoms with Crippen LogP contribution >= 0.6 is 0 Å². The van der Waals surface area contributed by atoms with Crippen molar-refractivity contribution < 1.29 is 9.90 Å². The normalized spacial score (nSPS) is 28.7. The lowest BCUT2D eigenvalue weighted by atomic mass is 9.69. The van der Waals surface area contributed by atoms with Crippen LogP contribution in [-0.2, 0) is 0 Å². The summed E-state index contributed by atoms with van der Waals surface area (Å²) in [7, 11) is 0. The van der Waals surface area contributed by atoms with Gasteiger partial charge in [-0.1, -0.05) is 24.3 Å². The first-order valence-electron chi connectivity index (χ1n) is 5.03. The van der Waals surface area contributed by atoms with Crippen LogP contribution < -0.4 is 5.73 Å². The molecule has 0 radical (unpaired) electrons. The van der Waals surface area contributed by atoms with Gasteiger partial charge in [-0.25, -0.2) is 0 Å². The van der Waals surface area contributed by atoms with Gasteiger partial charge in [-0.05, 0) is 19.4 Å². The van der Waals surface area contributed by atoms with Gasteiger partial charge in [-0.15, -0.1) is 0 Å². The Kier molecular flexibility index (Phi) is 2.17. The largest absolute Gasteiger partial charge is 0.390 e. The third-order valence-corrected chi connectivity index (χ3v) is 3.23. The Hall–Kier alpha value is -1.19. The van der Waals surface area contributed by atoms with Gasteiger partial charge >= 0.3 is 0 Å². The molecule has 0 amide bonds. The Bertz CT molecular complexity index is 412. The molecule has 0 aliphatic heterocycles. The van der Waals surface area contributed by atoms with Crippen molar-refractivity contribution in [3.63, 3.8) is 0 Å². The summed E-state index contributed by atoms with van der Waals surface area (Å²) in [5, 5.41) is 9.98. The highest BCUT2D eigenvalue weighted by molar-refractivity contribution is 6.03. The van der Waals surface area contributed by atoms with E-state index in [1.807, 2.05) is 12.1 Å². The van der Waals surface area contributed by atoms with E-state index in [2.05, 4.69) is 0 Å². The number of carbonyl (C=O) groups excluding carboxylic acids is 1. The van der Waals surface area contributed by atoms with Gasteiger partial charge in [-0.2, -0.15) is 0 Å². The van der Waals surface area contributed by atoms with Crippen LogP contribution in [0.1, 0.15) is 35.8 Å². The first-order valence-corrected chi connectivity index (χ1v) is 5.03. The average molecular weight is 205 g/mol. The fourth-order valence-corrected chi connectivity index (χ4v) is 2.09. The van der Waals surface area contributed by atoms with Crippen molar-refractivity contribution in [3.8, 4) is 0 Å². The van der Waals surface area contributed by atoms with Crippen molar-refractivity contribution in [1.82, 2.24) is 0 Å². The Morgan fingerprint density at radius 2 is 1.93 bits per heavy atom. The number of rotatable bonds is 0. The van der Waals surface area contributed by atoms with Crippen LogP contribution in [0.25, 0.3) is 0 Å². The van der Waals surface area contributed by atoms with Gasteiger partial charge < -0.3 is 10.8 Å². The van der Waals surface area contributed by atoms with E-state index in [9.17, 15) is 9.90 Å². The van der Waals surface area contributed by atoms with E-state index in [4.69, 9.17) is 5.73 Å². The molecule has 0 heterocycles. The highest BCUT2D eigenvalue weighted by Gasteiger charge is 2.45. The molecule has 3 heteroatoms. The minimum absolute atomic E-state index is 0.0349. The molecule has 0 bridgehead atoms. The highest BCUT2D eigenvalue weighted by atomic mass is 16.3. The molecular formula is C12H15NO2. The Labute approximate surface area is 88.9 Å². The number of fused-ring (bicyclic) bond motifs is 1. The van der Waals surface area contributed by atoms with Crippen molar-refractivity contribution >= 4 is 5.78 Å². The second-order valence-corrected chi connectivity index (χ2v) is 4.61. The highest BCUT2D eigenvalue weighted by Crippen LogP contribution is 2.39. The summed E-state index contributed by atoms with van der Waals surface area (Å²) in [6.07, 6.45) is -0.820. The fourth-order valence-electron chi connectivity index (χ4n) is 2.09. The average Bonchev–Trinajstić information content (AvgIpc) is 2.24. The number of hydrogen-bond acceptors (Lipinski definition) is 3. The zero-order valence-electron chi connectivity index (χ0n) is 8.90. The summed E-state index contributed by atoms with van der Waals surface area (Å²) >= 11 is 0. The van der Waals surface area contributed by atoms with Gasteiger partial charge in [0.25, 0.3) is 0 Å². The lowest BCUT2D eigenvalue weighted by Crippen LogP contribution is -2.48. The molecule has 2 unspecified atom stereocenters. The van der Waals surface area contributed by atoms with Crippen LogP contribution in [0.5, 0.6) is 0 Å². The van der Waals surface area contributed by atoms with Crippen LogP contribution in [0.2, 0.25) is 0 Å². The van der Waals surface area contributed by atoms with Crippen LogP contribution in [-0.4, -0.2) is 17.0 Å². The SMILES string of the molecule is CC1(C)C(=O)c2ccccc2C(N)C1O. The topological polar surface area (TPSA) is 63.3 Å². The van der Waals surface area contributed by atoms with E-state index in [0.717, 1.165) is 5.56 Å². The third-order valence-electron chi connectivity index (χ3n) is 3.23. The Morgan fingerprint density at radius 1 is 1.33 bits per heavy atom. The molecule has 1 aromatic carbocycles. The molecule has 0 spiro atoms. The van der Waals surface area contributed by atoms with E-state index in [1.165, 1.54) is 0 Å². The van der Waals surface area contributed by atoms with E-state index >= 15 is 0 Å². The lowest BCUT2D eigenvalue weighted by molar-refractivity contribution is 0.0209. The number of Topliss-reactive ketones (excluding diaryl/α,β-unsaturated/α-hetero) is 1. The number of aliphatic hydroxyl groups excluding tert-OH is 1. The molecule has 2 atom stereocenters. The van der Waals surface area contributed by atoms with E-state index in [0.29, 0.717) is 5.56 Å². The Balaban J connectivity index is 2.63. The molecule has 3 N–H and O–H groups in total. The van der Waals surface area contributed by atoms with E-state index < -0.39 is 17.6 Å². The van der Waals surface area contributed by atoms with E-state index in [1.54, 1.807) is 26.0 Å². The number of aliphatic hydroxyl groups is 1. The van der Waals surface area contributed by atoms with Crippen LogP contribution in [0.15, 0.2) is 24.3 Å². The summed E-state index contributed by atoms with van der Waals surface area (Å²) in [6.45, 7) is 3.46. The molecule has 0 aromatic heterocycles. The third kappa shape index (κ3) is 1.31. The number of hydrogen-bond donors (Lipinski definition) is 2. The molecule has 2 rings (SSSR count). The second-order valence-electron chi connectivity index (χ2n) is 4.61. The molecular weight excluding hydrogens is 190 g/mol. The smallest absolute Gasteiger partial charge is 0.171 e. The molecule has 80 valence electrons. The molecule has 3 nitrogen and oxygen atoms in total. The van der Waals surface area contributed by atoms with Crippen molar-refractivity contribution in [3.05, 3.63) is 35.4 Å². The van der Waals surface area contributed by atoms with Crippen molar-refractivity contribution in [2.45, 2.75) is 26.0 Å². The summed E-state index contributed by atoms with van der Waals surface area (Å²) in [5.74, 6) is -0.0349. The predicted molar refractivity (Wildman–Crippen MR) is 57.5 cm³/mol.